The monoisotopic (exact) mass is 373 g/mol. The third-order valence-electron chi connectivity index (χ3n) is 3.79. The van der Waals surface area contributed by atoms with Crippen molar-refractivity contribution >= 4 is 33.5 Å². The second-order valence-electron chi connectivity index (χ2n) is 5.25. The molecule has 8 nitrogen and oxygen atoms in total. The molecule has 0 spiro atoms. The molecule has 1 heterocycles. The highest BCUT2D eigenvalue weighted by molar-refractivity contribution is 7.90. The summed E-state index contributed by atoms with van der Waals surface area (Å²) in [5, 5.41) is 18.7. The highest BCUT2D eigenvalue weighted by Crippen LogP contribution is 2.29. The second kappa shape index (κ2) is 6.94. The van der Waals surface area contributed by atoms with Crippen LogP contribution in [0.2, 0.25) is 5.02 Å². The van der Waals surface area contributed by atoms with E-state index in [1.54, 1.807) is 0 Å². The highest BCUT2D eigenvalue weighted by Gasteiger charge is 2.45. The van der Waals surface area contributed by atoms with Gasteiger partial charge >= 0.3 is 16.2 Å². The predicted octanol–water partition coefficient (Wildman–Crippen LogP) is 0.501. The van der Waals surface area contributed by atoms with Gasteiger partial charge in [0.05, 0.1) is 29.5 Å². The van der Waals surface area contributed by atoms with Crippen molar-refractivity contribution < 1.29 is 23.1 Å². The van der Waals surface area contributed by atoms with Crippen molar-refractivity contribution in [3.05, 3.63) is 28.8 Å². The molecule has 1 aliphatic rings. The number of aliphatic hydroxyl groups excluding tert-OH is 1. The third kappa shape index (κ3) is 3.32. The van der Waals surface area contributed by atoms with E-state index in [4.69, 9.17) is 16.9 Å². The van der Waals surface area contributed by atoms with Crippen molar-refractivity contribution in [1.82, 2.24) is 4.31 Å². The summed E-state index contributed by atoms with van der Waals surface area (Å²) in [4.78, 5) is 11.8. The Hall–Kier alpha value is -1.86. The number of nitriles is 1. The summed E-state index contributed by atoms with van der Waals surface area (Å²) in [5.41, 5.74) is 0.444. The molecule has 0 saturated carbocycles. The van der Waals surface area contributed by atoms with E-state index in [0.29, 0.717) is 0 Å². The fraction of sp³-hybridized carbons (Fsp3) is 0.429. The number of anilines is 1. The SMILES string of the molecule is COC(=O)[C@@H]1C[C@H](O)CN1S(=O)(=O)N(C)c1ccc(C#N)c(Cl)c1. The number of nitrogens with zero attached hydrogens (tertiary/aromatic N) is 3. The summed E-state index contributed by atoms with van der Waals surface area (Å²) >= 11 is 5.94. The van der Waals surface area contributed by atoms with Gasteiger partial charge in [-0.05, 0) is 18.2 Å². The summed E-state index contributed by atoms with van der Waals surface area (Å²) < 4.78 is 32.0. The first-order valence-electron chi connectivity index (χ1n) is 6.93. The molecule has 130 valence electrons. The number of rotatable bonds is 4. The Bertz CT molecular complexity index is 792. The number of β-amino-alcohol motifs (C(OH)–C–C–N with tert-alkyl or cyclic N) is 1. The molecule has 1 aromatic carbocycles. The second-order valence-corrected chi connectivity index (χ2v) is 7.57. The lowest BCUT2D eigenvalue weighted by atomic mass is 10.2. The van der Waals surface area contributed by atoms with Crippen molar-refractivity contribution in [2.45, 2.75) is 18.6 Å². The summed E-state index contributed by atoms with van der Waals surface area (Å²) in [6, 6.07) is 4.97. The first-order chi connectivity index (χ1) is 11.2. The van der Waals surface area contributed by atoms with Gasteiger partial charge in [0.2, 0.25) is 0 Å². The largest absolute Gasteiger partial charge is 0.468 e. The van der Waals surface area contributed by atoms with E-state index in [1.165, 1.54) is 25.2 Å². The van der Waals surface area contributed by atoms with E-state index in [2.05, 4.69) is 4.74 Å². The molecule has 24 heavy (non-hydrogen) atoms. The van der Waals surface area contributed by atoms with Crippen molar-refractivity contribution in [3.63, 3.8) is 0 Å². The van der Waals surface area contributed by atoms with Crippen LogP contribution >= 0.6 is 11.6 Å². The van der Waals surface area contributed by atoms with Crippen molar-refractivity contribution in [1.29, 1.82) is 5.26 Å². The average molecular weight is 374 g/mol. The quantitative estimate of drug-likeness (QED) is 0.769. The number of methoxy groups -OCH3 is 1. The Morgan fingerprint density at radius 3 is 2.75 bits per heavy atom. The number of halogens is 1. The van der Waals surface area contributed by atoms with Crippen LogP contribution in [-0.4, -0.2) is 56.6 Å². The lowest BCUT2D eigenvalue weighted by molar-refractivity contribution is -0.144. The normalized spacial score (nSPS) is 21.3. The Labute approximate surface area is 145 Å². The highest BCUT2D eigenvalue weighted by atomic mass is 35.5. The van der Waals surface area contributed by atoms with E-state index in [9.17, 15) is 18.3 Å². The Morgan fingerprint density at radius 1 is 1.54 bits per heavy atom. The fourth-order valence-corrected chi connectivity index (χ4v) is 4.24. The molecular weight excluding hydrogens is 358 g/mol. The molecule has 1 fully saturated rings. The fourth-order valence-electron chi connectivity index (χ4n) is 2.47. The number of carbonyl (C=O) groups excluding carboxylic acids is 1. The van der Waals surface area contributed by atoms with Gasteiger partial charge in [0.15, 0.2) is 0 Å². The van der Waals surface area contributed by atoms with E-state index in [0.717, 1.165) is 15.7 Å². The van der Waals surface area contributed by atoms with Crippen LogP contribution in [0.15, 0.2) is 18.2 Å². The van der Waals surface area contributed by atoms with Crippen LogP contribution in [0.4, 0.5) is 5.69 Å². The number of hydrogen-bond donors (Lipinski definition) is 1. The Balaban J connectivity index is 2.36. The maximum Gasteiger partial charge on any atom is 0.324 e. The van der Waals surface area contributed by atoms with E-state index in [1.807, 2.05) is 6.07 Å². The third-order valence-corrected chi connectivity index (χ3v) is 6.00. The van der Waals surface area contributed by atoms with Gasteiger partial charge in [-0.2, -0.15) is 18.0 Å². The topological polar surface area (TPSA) is 111 Å². The molecule has 0 bridgehead atoms. The Morgan fingerprint density at radius 2 is 2.21 bits per heavy atom. The Kier molecular flexibility index (Phi) is 5.35. The molecule has 0 unspecified atom stereocenters. The number of ether oxygens (including phenoxy) is 1. The molecule has 1 aromatic rings. The van der Waals surface area contributed by atoms with E-state index >= 15 is 0 Å². The van der Waals surface area contributed by atoms with Crippen LogP contribution in [-0.2, 0) is 19.7 Å². The molecule has 1 aliphatic heterocycles. The summed E-state index contributed by atoms with van der Waals surface area (Å²) in [6.07, 6.45) is -0.991. The van der Waals surface area contributed by atoms with Crippen LogP contribution in [0.5, 0.6) is 0 Å². The van der Waals surface area contributed by atoms with E-state index in [-0.39, 0.29) is 29.2 Å². The summed E-state index contributed by atoms with van der Waals surface area (Å²) in [5.74, 6) is -0.735. The molecule has 2 rings (SSSR count). The maximum absolute atomic E-state index is 12.8. The molecule has 1 N–H and O–H groups in total. The summed E-state index contributed by atoms with van der Waals surface area (Å²) in [7, 11) is -1.65. The molecule has 0 aromatic heterocycles. The van der Waals surface area contributed by atoms with Gasteiger partial charge in [-0.15, -0.1) is 0 Å². The number of hydrogen-bond acceptors (Lipinski definition) is 6. The number of aliphatic hydroxyl groups is 1. The number of esters is 1. The van der Waals surface area contributed by atoms with Gasteiger partial charge < -0.3 is 9.84 Å². The van der Waals surface area contributed by atoms with Gasteiger partial charge in [-0.1, -0.05) is 11.6 Å². The van der Waals surface area contributed by atoms with Gasteiger partial charge in [0, 0.05) is 20.0 Å². The molecule has 0 aliphatic carbocycles. The predicted molar refractivity (Wildman–Crippen MR) is 86.6 cm³/mol. The zero-order valence-electron chi connectivity index (χ0n) is 13.0. The minimum atomic E-state index is -4.10. The smallest absolute Gasteiger partial charge is 0.324 e. The van der Waals surface area contributed by atoms with Gasteiger partial charge in [-0.3, -0.25) is 9.10 Å². The van der Waals surface area contributed by atoms with Crippen molar-refractivity contribution in [2.75, 3.05) is 25.0 Å². The molecule has 0 amide bonds. The van der Waals surface area contributed by atoms with Gasteiger partial charge in [0.1, 0.15) is 12.1 Å². The van der Waals surface area contributed by atoms with Crippen LogP contribution < -0.4 is 4.31 Å². The first-order valence-corrected chi connectivity index (χ1v) is 8.71. The molecule has 1 saturated heterocycles. The van der Waals surface area contributed by atoms with Crippen LogP contribution in [0, 0.1) is 11.3 Å². The molecule has 0 radical (unpaired) electrons. The minimum absolute atomic E-state index is 0.0339. The standard InChI is InChI=1S/C14H16ClN3O5S/c1-17(10-4-3-9(7-16)12(15)5-10)24(21,22)18-8-11(19)6-13(18)14(20)23-2/h3-5,11,13,19H,6,8H2,1-2H3/t11-,13-/m0/s1. The van der Waals surface area contributed by atoms with Gasteiger partial charge in [0.25, 0.3) is 0 Å². The zero-order chi connectivity index (χ0) is 18.1. The molecular formula is C14H16ClN3O5S. The summed E-state index contributed by atoms with van der Waals surface area (Å²) in [6.45, 7) is -0.212. The zero-order valence-corrected chi connectivity index (χ0v) is 14.6. The van der Waals surface area contributed by atoms with E-state index < -0.39 is 28.3 Å². The van der Waals surface area contributed by atoms with Gasteiger partial charge in [-0.25, -0.2) is 0 Å². The molecule has 2 atom stereocenters. The van der Waals surface area contributed by atoms with Crippen LogP contribution in [0.25, 0.3) is 0 Å². The first kappa shape index (κ1) is 18.5. The van der Waals surface area contributed by atoms with Crippen LogP contribution in [0.1, 0.15) is 12.0 Å². The van der Waals surface area contributed by atoms with Crippen molar-refractivity contribution in [2.24, 2.45) is 0 Å². The maximum atomic E-state index is 12.8. The minimum Gasteiger partial charge on any atom is -0.468 e. The van der Waals surface area contributed by atoms with Crippen molar-refractivity contribution in [3.8, 4) is 6.07 Å². The molecule has 10 heteroatoms. The lowest BCUT2D eigenvalue weighted by Crippen LogP contribution is -2.47. The van der Waals surface area contributed by atoms with Crippen LogP contribution in [0.3, 0.4) is 0 Å². The number of carbonyl (C=O) groups is 1. The number of benzene rings is 1. The lowest BCUT2D eigenvalue weighted by Gasteiger charge is -2.28. The average Bonchev–Trinajstić information content (AvgIpc) is 2.96.